The molecule has 6 heteroatoms. The molecule has 0 aliphatic heterocycles. The Bertz CT molecular complexity index is 981. The average Bonchev–Trinajstić information content (AvgIpc) is 2.63. The van der Waals surface area contributed by atoms with Gasteiger partial charge in [-0.25, -0.2) is 8.42 Å². The van der Waals surface area contributed by atoms with Gasteiger partial charge < -0.3 is 10.1 Å². The van der Waals surface area contributed by atoms with Gasteiger partial charge in [0, 0.05) is 0 Å². The fourth-order valence-corrected chi connectivity index (χ4v) is 4.62. The highest BCUT2D eigenvalue weighted by atomic mass is 32.2. The Kier molecular flexibility index (Phi) is 6.78. The third kappa shape index (κ3) is 5.38. The number of para-hydroxylation sites is 2. The Morgan fingerprint density at radius 3 is 2.17 bits per heavy atom. The second kappa shape index (κ2) is 8.57. The van der Waals surface area contributed by atoms with Crippen molar-refractivity contribution in [3.8, 4) is 5.75 Å². The Labute approximate surface area is 174 Å². The van der Waals surface area contributed by atoms with E-state index in [9.17, 15) is 13.2 Å². The Balaban J connectivity index is 2.26. The van der Waals surface area contributed by atoms with Crippen LogP contribution in [0.3, 0.4) is 0 Å². The van der Waals surface area contributed by atoms with Gasteiger partial charge in [-0.2, -0.15) is 0 Å². The van der Waals surface area contributed by atoms with Gasteiger partial charge in [0.05, 0.1) is 18.6 Å². The van der Waals surface area contributed by atoms with Crippen LogP contribution in [0, 0.1) is 13.8 Å². The van der Waals surface area contributed by atoms with Gasteiger partial charge in [0.2, 0.25) is 5.91 Å². The molecule has 0 aliphatic carbocycles. The maximum atomic E-state index is 13.0. The predicted molar refractivity (Wildman–Crippen MR) is 118 cm³/mol. The van der Waals surface area contributed by atoms with Crippen molar-refractivity contribution in [1.82, 2.24) is 0 Å². The number of carbonyl (C=O) groups excluding carboxylic acids is 1. The smallest absolute Gasteiger partial charge is 0.242 e. The minimum absolute atomic E-state index is 0.0190. The summed E-state index contributed by atoms with van der Waals surface area (Å²) < 4.78 is 31.2. The lowest BCUT2D eigenvalue weighted by Crippen LogP contribution is -2.33. The van der Waals surface area contributed by atoms with Gasteiger partial charge in [-0.15, -0.1) is 0 Å². The molecule has 29 heavy (non-hydrogen) atoms. The molecule has 0 radical (unpaired) electrons. The number of aryl methyl sites for hydroxylation is 2. The normalized spacial score (nSPS) is 13.1. The molecule has 0 saturated heterocycles. The first kappa shape index (κ1) is 22.9. The molecule has 0 saturated carbocycles. The maximum Gasteiger partial charge on any atom is 0.242 e. The molecule has 0 fully saturated rings. The van der Waals surface area contributed by atoms with Crippen LogP contribution in [0.15, 0.2) is 36.4 Å². The highest BCUT2D eigenvalue weighted by molar-refractivity contribution is 7.92. The number of rotatable bonds is 6. The SMILES string of the molecule is COc1ccccc1NC(=O)[C@@H](C)S(=O)(=O)Cc1c(C)cc(C(C)(C)C)cc1C. The van der Waals surface area contributed by atoms with Crippen molar-refractivity contribution in [3.63, 3.8) is 0 Å². The van der Waals surface area contributed by atoms with Crippen molar-refractivity contribution in [2.24, 2.45) is 0 Å². The molecule has 0 spiro atoms. The van der Waals surface area contributed by atoms with Crippen molar-refractivity contribution in [2.75, 3.05) is 12.4 Å². The van der Waals surface area contributed by atoms with Gasteiger partial charge in [-0.05, 0) is 60.6 Å². The third-order valence-corrected chi connectivity index (χ3v) is 7.16. The van der Waals surface area contributed by atoms with E-state index in [1.165, 1.54) is 14.0 Å². The average molecular weight is 418 g/mol. The summed E-state index contributed by atoms with van der Waals surface area (Å²) in [5, 5.41) is 1.48. The lowest BCUT2D eigenvalue weighted by atomic mass is 9.84. The van der Waals surface area contributed by atoms with Crippen LogP contribution < -0.4 is 10.1 Å². The molecule has 2 rings (SSSR count). The van der Waals surface area contributed by atoms with Gasteiger partial charge >= 0.3 is 0 Å². The van der Waals surface area contributed by atoms with E-state index in [1.54, 1.807) is 24.3 Å². The topological polar surface area (TPSA) is 72.5 Å². The van der Waals surface area contributed by atoms with E-state index < -0.39 is 21.0 Å². The molecule has 2 aromatic carbocycles. The molecule has 0 aromatic heterocycles. The van der Waals surface area contributed by atoms with Crippen LogP contribution in [0.25, 0.3) is 0 Å². The fraction of sp³-hybridized carbons (Fsp3) is 0.435. The standard InChI is InChI=1S/C23H31NO4S/c1-15-12-18(23(4,5)6)13-16(2)19(15)14-29(26,27)17(3)22(25)24-20-10-8-9-11-21(20)28-7/h8-13,17H,14H2,1-7H3,(H,24,25)/t17-/m1/s1. The van der Waals surface area contributed by atoms with Gasteiger partial charge in [0.15, 0.2) is 9.84 Å². The van der Waals surface area contributed by atoms with Gasteiger partial charge in [0.25, 0.3) is 0 Å². The Hall–Kier alpha value is -2.34. The molecule has 0 unspecified atom stereocenters. The van der Waals surface area contributed by atoms with Gasteiger partial charge in [0.1, 0.15) is 11.0 Å². The molecular formula is C23H31NO4S. The second-order valence-electron chi connectivity index (χ2n) is 8.48. The molecule has 0 bridgehead atoms. The number of benzene rings is 2. The number of hydrogen-bond donors (Lipinski definition) is 1. The number of carbonyl (C=O) groups is 1. The summed E-state index contributed by atoms with van der Waals surface area (Å²) in [6.07, 6.45) is 0. The summed E-state index contributed by atoms with van der Waals surface area (Å²) in [5.74, 6) is -0.263. The molecule has 1 amide bonds. The summed E-state index contributed by atoms with van der Waals surface area (Å²) in [7, 11) is -2.20. The van der Waals surface area contributed by atoms with Crippen LogP contribution in [-0.4, -0.2) is 26.7 Å². The first-order valence-corrected chi connectivity index (χ1v) is 11.3. The monoisotopic (exact) mass is 417 g/mol. The molecule has 0 aliphatic rings. The maximum absolute atomic E-state index is 13.0. The number of anilines is 1. The van der Waals surface area contributed by atoms with E-state index in [1.807, 2.05) is 26.0 Å². The van der Waals surface area contributed by atoms with E-state index in [0.717, 1.165) is 22.3 Å². The summed E-state index contributed by atoms with van der Waals surface area (Å²) in [6.45, 7) is 11.7. The summed E-state index contributed by atoms with van der Waals surface area (Å²) in [6, 6.07) is 11.0. The number of ether oxygens (including phenoxy) is 1. The van der Waals surface area contributed by atoms with Crippen LogP contribution >= 0.6 is 0 Å². The van der Waals surface area contributed by atoms with Crippen LogP contribution in [0.1, 0.15) is 49.9 Å². The second-order valence-corrected chi connectivity index (χ2v) is 10.8. The van der Waals surface area contributed by atoms with Crippen molar-refractivity contribution in [2.45, 2.75) is 58.0 Å². The molecule has 0 heterocycles. The van der Waals surface area contributed by atoms with Crippen molar-refractivity contribution in [1.29, 1.82) is 0 Å². The molecule has 2 aromatic rings. The van der Waals surface area contributed by atoms with E-state index >= 15 is 0 Å². The number of methoxy groups -OCH3 is 1. The van der Waals surface area contributed by atoms with Crippen LogP contribution in [0.4, 0.5) is 5.69 Å². The van der Waals surface area contributed by atoms with Crippen LogP contribution in [0.5, 0.6) is 5.75 Å². The van der Waals surface area contributed by atoms with Crippen molar-refractivity contribution >= 4 is 21.4 Å². The first-order valence-electron chi connectivity index (χ1n) is 9.63. The molecule has 1 N–H and O–H groups in total. The van der Waals surface area contributed by atoms with E-state index in [0.29, 0.717) is 11.4 Å². The zero-order valence-electron chi connectivity index (χ0n) is 18.3. The first-order chi connectivity index (χ1) is 13.4. The van der Waals surface area contributed by atoms with Crippen molar-refractivity contribution in [3.05, 3.63) is 58.7 Å². The summed E-state index contributed by atoms with van der Waals surface area (Å²) >= 11 is 0. The zero-order chi connectivity index (χ0) is 22.0. The minimum atomic E-state index is -3.70. The highest BCUT2D eigenvalue weighted by Gasteiger charge is 2.30. The van der Waals surface area contributed by atoms with Gasteiger partial charge in [-0.3, -0.25) is 4.79 Å². The van der Waals surface area contributed by atoms with Crippen molar-refractivity contribution < 1.29 is 17.9 Å². The Morgan fingerprint density at radius 1 is 1.10 bits per heavy atom. The quantitative estimate of drug-likeness (QED) is 0.748. The number of sulfone groups is 1. The zero-order valence-corrected chi connectivity index (χ0v) is 19.1. The molecule has 1 atom stereocenters. The largest absolute Gasteiger partial charge is 0.495 e. The molecule has 5 nitrogen and oxygen atoms in total. The summed E-state index contributed by atoms with van der Waals surface area (Å²) in [4.78, 5) is 12.6. The lowest BCUT2D eigenvalue weighted by Gasteiger charge is -2.23. The van der Waals surface area contributed by atoms with Crippen LogP contribution in [0.2, 0.25) is 0 Å². The van der Waals surface area contributed by atoms with Gasteiger partial charge in [-0.1, -0.05) is 45.0 Å². The number of hydrogen-bond acceptors (Lipinski definition) is 4. The third-order valence-electron chi connectivity index (χ3n) is 5.18. The summed E-state index contributed by atoms with van der Waals surface area (Å²) in [5.41, 5.74) is 4.20. The minimum Gasteiger partial charge on any atom is -0.495 e. The highest BCUT2D eigenvalue weighted by Crippen LogP contribution is 2.29. The van der Waals surface area contributed by atoms with E-state index in [2.05, 4.69) is 26.1 Å². The van der Waals surface area contributed by atoms with Crippen LogP contribution in [-0.2, 0) is 25.8 Å². The number of amides is 1. The van der Waals surface area contributed by atoms with E-state index in [4.69, 9.17) is 4.74 Å². The fourth-order valence-electron chi connectivity index (χ4n) is 3.13. The number of nitrogens with one attached hydrogen (secondary N) is 1. The van der Waals surface area contributed by atoms with E-state index in [-0.39, 0.29) is 11.2 Å². The molecule has 158 valence electrons. The molecular weight excluding hydrogens is 386 g/mol. The lowest BCUT2D eigenvalue weighted by molar-refractivity contribution is -0.115. The Morgan fingerprint density at radius 2 is 1.66 bits per heavy atom. The predicted octanol–water partition coefficient (Wildman–Crippen LogP) is 4.55.